The Hall–Kier alpha value is -0.0800. The van der Waals surface area contributed by atoms with Crippen LogP contribution in [0, 0.1) is 5.92 Å². The summed E-state index contributed by atoms with van der Waals surface area (Å²) in [6, 6.07) is 0.737. The van der Waals surface area contributed by atoms with Crippen molar-refractivity contribution in [3.05, 3.63) is 0 Å². The maximum Gasteiger partial charge on any atom is 0.0544 e. The second kappa shape index (κ2) is 4.83. The monoisotopic (exact) mass is 170 g/mol. The van der Waals surface area contributed by atoms with Crippen molar-refractivity contribution in [2.75, 3.05) is 6.54 Å². The van der Waals surface area contributed by atoms with Gasteiger partial charge in [-0.2, -0.15) is 0 Å². The molecule has 1 aliphatic heterocycles. The molecule has 12 heavy (non-hydrogen) atoms. The molecule has 0 aromatic carbocycles. The van der Waals surface area contributed by atoms with Crippen molar-refractivity contribution in [3.63, 3.8) is 0 Å². The van der Waals surface area contributed by atoms with E-state index in [1.54, 1.807) is 0 Å². The van der Waals surface area contributed by atoms with E-state index in [4.69, 9.17) is 0 Å². The summed E-state index contributed by atoms with van der Waals surface area (Å²) in [6.45, 7) is 7.95. The Labute approximate surface area is 76.1 Å². The third-order valence-corrected chi connectivity index (χ3v) is 2.77. The predicted octanol–water partition coefficient (Wildman–Crippen LogP) is 1.72. The summed E-state index contributed by atoms with van der Waals surface area (Å²) in [4.78, 5) is 0. The van der Waals surface area contributed by atoms with Crippen molar-refractivity contribution in [3.8, 4) is 0 Å². The molecule has 2 N–H and O–H groups in total. The van der Waals surface area contributed by atoms with Gasteiger partial charge in [-0.25, -0.2) is 0 Å². The maximum absolute atomic E-state index is 3.59. The molecule has 1 heterocycles. The van der Waals surface area contributed by atoms with Gasteiger partial charge in [0.1, 0.15) is 0 Å². The zero-order chi connectivity index (χ0) is 8.97. The molecule has 3 atom stereocenters. The zero-order valence-corrected chi connectivity index (χ0v) is 8.56. The van der Waals surface area contributed by atoms with E-state index >= 15 is 0 Å². The lowest BCUT2D eigenvalue weighted by Crippen LogP contribution is -2.56. The quantitative estimate of drug-likeness (QED) is 0.674. The fraction of sp³-hybridized carbons (Fsp3) is 1.00. The van der Waals surface area contributed by atoms with Gasteiger partial charge in [0.05, 0.1) is 6.17 Å². The van der Waals surface area contributed by atoms with E-state index in [1.165, 1.54) is 25.8 Å². The summed E-state index contributed by atoms with van der Waals surface area (Å²) >= 11 is 0. The van der Waals surface area contributed by atoms with Gasteiger partial charge in [0, 0.05) is 12.6 Å². The normalized spacial score (nSPS) is 36.8. The van der Waals surface area contributed by atoms with Crippen molar-refractivity contribution in [1.29, 1.82) is 0 Å². The van der Waals surface area contributed by atoms with Gasteiger partial charge in [-0.3, -0.25) is 5.32 Å². The van der Waals surface area contributed by atoms with Crippen LogP contribution >= 0.6 is 0 Å². The van der Waals surface area contributed by atoms with Gasteiger partial charge in [0.2, 0.25) is 0 Å². The number of hydrogen-bond donors (Lipinski definition) is 2. The minimum Gasteiger partial charge on any atom is -0.302 e. The van der Waals surface area contributed by atoms with E-state index in [-0.39, 0.29) is 0 Å². The summed E-state index contributed by atoms with van der Waals surface area (Å²) in [6.07, 6.45) is 4.51. The topological polar surface area (TPSA) is 24.1 Å². The van der Waals surface area contributed by atoms with Crippen LogP contribution in [0.4, 0.5) is 0 Å². The Morgan fingerprint density at radius 1 is 1.33 bits per heavy atom. The summed E-state index contributed by atoms with van der Waals surface area (Å²) in [7, 11) is 0. The molecule has 0 saturated carbocycles. The van der Waals surface area contributed by atoms with E-state index in [0.717, 1.165) is 12.0 Å². The van der Waals surface area contributed by atoms with E-state index in [1.807, 2.05) is 0 Å². The first-order valence-corrected chi connectivity index (χ1v) is 5.23. The van der Waals surface area contributed by atoms with Crippen LogP contribution in [0.15, 0.2) is 0 Å². The van der Waals surface area contributed by atoms with Crippen LogP contribution < -0.4 is 10.6 Å². The largest absolute Gasteiger partial charge is 0.302 e. The molecular formula is C10H22N2. The summed E-state index contributed by atoms with van der Waals surface area (Å²) in [5.74, 6) is 0.785. The maximum atomic E-state index is 3.59. The van der Waals surface area contributed by atoms with Gasteiger partial charge < -0.3 is 5.32 Å². The highest BCUT2D eigenvalue weighted by molar-refractivity contribution is 4.82. The van der Waals surface area contributed by atoms with Crippen LogP contribution in [-0.4, -0.2) is 18.8 Å². The molecule has 0 aliphatic carbocycles. The van der Waals surface area contributed by atoms with Crippen molar-refractivity contribution in [1.82, 2.24) is 10.6 Å². The van der Waals surface area contributed by atoms with Crippen LogP contribution in [-0.2, 0) is 0 Å². The van der Waals surface area contributed by atoms with Gasteiger partial charge in [-0.15, -0.1) is 0 Å². The van der Waals surface area contributed by atoms with Crippen LogP contribution in [0.1, 0.15) is 40.0 Å². The molecule has 1 aliphatic rings. The number of unbranched alkanes of at least 4 members (excludes halogenated alkanes) is 1. The van der Waals surface area contributed by atoms with Crippen molar-refractivity contribution < 1.29 is 0 Å². The number of hydrogen-bond acceptors (Lipinski definition) is 2. The average Bonchev–Trinajstić information content (AvgIpc) is 2.07. The lowest BCUT2D eigenvalue weighted by molar-refractivity contribution is 0.231. The molecule has 0 radical (unpaired) electrons. The van der Waals surface area contributed by atoms with Crippen molar-refractivity contribution in [2.24, 2.45) is 5.92 Å². The molecular weight excluding hydrogens is 148 g/mol. The van der Waals surface area contributed by atoms with Crippen LogP contribution in [0.3, 0.4) is 0 Å². The molecule has 0 spiro atoms. The molecule has 0 bridgehead atoms. The average molecular weight is 170 g/mol. The Balaban J connectivity index is 2.28. The molecule has 3 unspecified atom stereocenters. The lowest BCUT2D eigenvalue weighted by Gasteiger charge is -2.35. The van der Waals surface area contributed by atoms with Gasteiger partial charge in [0.25, 0.3) is 0 Å². The van der Waals surface area contributed by atoms with E-state index in [0.29, 0.717) is 6.17 Å². The number of rotatable bonds is 3. The third-order valence-electron chi connectivity index (χ3n) is 2.77. The van der Waals surface area contributed by atoms with Gasteiger partial charge in [0.15, 0.2) is 0 Å². The Kier molecular flexibility index (Phi) is 4.02. The van der Waals surface area contributed by atoms with Crippen molar-refractivity contribution >= 4 is 0 Å². The predicted molar refractivity (Wildman–Crippen MR) is 53.1 cm³/mol. The molecule has 1 rings (SSSR count). The van der Waals surface area contributed by atoms with Crippen LogP contribution in [0.2, 0.25) is 0 Å². The van der Waals surface area contributed by atoms with Gasteiger partial charge in [-0.1, -0.05) is 26.7 Å². The standard InChI is InChI=1S/C10H22N2/c1-4-5-6-10-8(2)7-11-9(3)12-10/h8-12H,4-7H2,1-3H3. The fourth-order valence-corrected chi connectivity index (χ4v) is 1.84. The molecule has 0 aromatic heterocycles. The Bertz CT molecular complexity index is 125. The van der Waals surface area contributed by atoms with Crippen LogP contribution in [0.5, 0.6) is 0 Å². The van der Waals surface area contributed by atoms with E-state index < -0.39 is 0 Å². The minimum absolute atomic E-state index is 0.503. The van der Waals surface area contributed by atoms with Crippen molar-refractivity contribution in [2.45, 2.75) is 52.2 Å². The first kappa shape index (κ1) is 10.0. The van der Waals surface area contributed by atoms with Gasteiger partial charge >= 0.3 is 0 Å². The van der Waals surface area contributed by atoms with Crippen LogP contribution in [0.25, 0.3) is 0 Å². The second-order valence-electron chi connectivity index (χ2n) is 4.02. The zero-order valence-electron chi connectivity index (χ0n) is 8.56. The summed E-state index contributed by atoms with van der Waals surface area (Å²) in [5, 5.41) is 7.02. The minimum atomic E-state index is 0.503. The Morgan fingerprint density at radius 3 is 2.75 bits per heavy atom. The second-order valence-corrected chi connectivity index (χ2v) is 4.02. The number of nitrogens with one attached hydrogen (secondary N) is 2. The molecule has 2 nitrogen and oxygen atoms in total. The molecule has 0 aromatic rings. The lowest BCUT2D eigenvalue weighted by atomic mass is 9.94. The van der Waals surface area contributed by atoms with Gasteiger partial charge in [-0.05, 0) is 19.3 Å². The molecule has 1 saturated heterocycles. The molecule has 0 amide bonds. The molecule has 2 heteroatoms. The molecule has 72 valence electrons. The van der Waals surface area contributed by atoms with E-state index in [2.05, 4.69) is 31.4 Å². The third kappa shape index (κ3) is 2.76. The molecule has 1 fully saturated rings. The first-order chi connectivity index (χ1) is 5.74. The summed E-state index contributed by atoms with van der Waals surface area (Å²) in [5.41, 5.74) is 0. The highest BCUT2D eigenvalue weighted by Gasteiger charge is 2.22. The fourth-order valence-electron chi connectivity index (χ4n) is 1.84. The summed E-state index contributed by atoms with van der Waals surface area (Å²) < 4.78 is 0. The Morgan fingerprint density at radius 2 is 2.08 bits per heavy atom. The smallest absolute Gasteiger partial charge is 0.0544 e. The highest BCUT2D eigenvalue weighted by atomic mass is 15.2. The first-order valence-electron chi connectivity index (χ1n) is 5.23. The highest BCUT2D eigenvalue weighted by Crippen LogP contribution is 2.13. The SMILES string of the molecule is CCCCC1NC(C)NCC1C. The van der Waals surface area contributed by atoms with E-state index in [9.17, 15) is 0 Å².